The molecule has 0 fully saturated rings. The molecule has 0 aliphatic rings. The summed E-state index contributed by atoms with van der Waals surface area (Å²) in [5.41, 5.74) is 2.39. The first-order valence-electron chi connectivity index (χ1n) is 6.65. The number of thiophene rings is 1. The Kier molecular flexibility index (Phi) is 5.16. The summed E-state index contributed by atoms with van der Waals surface area (Å²) in [4.78, 5) is 12.2. The summed E-state index contributed by atoms with van der Waals surface area (Å²) in [7, 11) is 0. The highest BCUT2D eigenvalue weighted by Gasteiger charge is 2.17. The number of carbonyl (C=O) groups is 1. The number of rotatable bonds is 6. The number of benzene rings is 1. The Hall–Kier alpha value is -1.61. The van der Waals surface area contributed by atoms with Crippen molar-refractivity contribution < 1.29 is 4.79 Å². The third-order valence-electron chi connectivity index (χ3n) is 3.22. The van der Waals surface area contributed by atoms with Crippen molar-refractivity contribution in [3.63, 3.8) is 0 Å². The normalized spacial score (nSPS) is 12.1. The zero-order chi connectivity index (χ0) is 13.5. The predicted octanol–water partition coefficient (Wildman–Crippen LogP) is 3.60. The topological polar surface area (TPSA) is 29.1 Å². The van der Waals surface area contributed by atoms with Gasteiger partial charge < -0.3 is 5.32 Å². The minimum absolute atomic E-state index is 0.0383. The summed E-state index contributed by atoms with van der Waals surface area (Å²) in [6.07, 6.45) is 1.73. The van der Waals surface area contributed by atoms with Crippen molar-refractivity contribution in [1.29, 1.82) is 0 Å². The van der Waals surface area contributed by atoms with Gasteiger partial charge in [-0.15, -0.1) is 0 Å². The van der Waals surface area contributed by atoms with Crippen LogP contribution < -0.4 is 5.32 Å². The zero-order valence-electron chi connectivity index (χ0n) is 11.1. The van der Waals surface area contributed by atoms with E-state index in [1.54, 1.807) is 11.3 Å². The maximum absolute atomic E-state index is 12.2. The zero-order valence-corrected chi connectivity index (χ0v) is 12.0. The van der Waals surface area contributed by atoms with Crippen LogP contribution in [0.4, 0.5) is 0 Å². The molecule has 19 heavy (non-hydrogen) atoms. The minimum atomic E-state index is -0.0383. The Morgan fingerprint density at radius 2 is 2.05 bits per heavy atom. The van der Waals surface area contributed by atoms with Crippen molar-refractivity contribution in [2.75, 3.05) is 6.54 Å². The van der Waals surface area contributed by atoms with Crippen LogP contribution in [0.2, 0.25) is 0 Å². The van der Waals surface area contributed by atoms with E-state index in [-0.39, 0.29) is 11.8 Å². The molecule has 100 valence electrons. The van der Waals surface area contributed by atoms with Crippen LogP contribution in [0, 0.1) is 0 Å². The van der Waals surface area contributed by atoms with Crippen molar-refractivity contribution in [1.82, 2.24) is 5.32 Å². The second-order valence-electron chi connectivity index (χ2n) is 4.54. The van der Waals surface area contributed by atoms with Crippen molar-refractivity contribution in [3.05, 3.63) is 58.3 Å². The molecule has 0 aliphatic heterocycles. The lowest BCUT2D eigenvalue weighted by Gasteiger charge is -2.15. The number of hydrogen-bond donors (Lipinski definition) is 1. The second-order valence-corrected chi connectivity index (χ2v) is 5.32. The van der Waals surface area contributed by atoms with Gasteiger partial charge in [0.1, 0.15) is 0 Å². The summed E-state index contributed by atoms with van der Waals surface area (Å²) >= 11 is 1.69. The third kappa shape index (κ3) is 3.93. The van der Waals surface area contributed by atoms with E-state index >= 15 is 0 Å². The minimum Gasteiger partial charge on any atom is -0.355 e. The van der Waals surface area contributed by atoms with E-state index < -0.39 is 0 Å². The van der Waals surface area contributed by atoms with Gasteiger partial charge in [-0.25, -0.2) is 0 Å². The largest absolute Gasteiger partial charge is 0.355 e. The highest BCUT2D eigenvalue weighted by Crippen LogP contribution is 2.19. The van der Waals surface area contributed by atoms with E-state index in [1.807, 2.05) is 30.3 Å². The molecule has 1 aromatic heterocycles. The quantitative estimate of drug-likeness (QED) is 0.856. The Balaban J connectivity index is 1.87. The Morgan fingerprint density at radius 3 is 2.68 bits per heavy atom. The Bertz CT molecular complexity index is 493. The van der Waals surface area contributed by atoms with E-state index in [1.165, 1.54) is 5.56 Å². The molecule has 1 N–H and O–H groups in total. The van der Waals surface area contributed by atoms with Crippen LogP contribution in [0.25, 0.3) is 0 Å². The third-order valence-corrected chi connectivity index (χ3v) is 3.95. The van der Waals surface area contributed by atoms with Crippen molar-refractivity contribution >= 4 is 17.2 Å². The second kappa shape index (κ2) is 7.10. The van der Waals surface area contributed by atoms with Gasteiger partial charge in [0.05, 0.1) is 5.92 Å². The van der Waals surface area contributed by atoms with Crippen molar-refractivity contribution in [2.45, 2.75) is 25.7 Å². The van der Waals surface area contributed by atoms with Gasteiger partial charge in [-0.2, -0.15) is 11.3 Å². The lowest BCUT2D eigenvalue weighted by molar-refractivity contribution is -0.122. The van der Waals surface area contributed by atoms with Crippen LogP contribution >= 0.6 is 11.3 Å². The molecule has 1 aromatic carbocycles. The number of nitrogens with one attached hydrogen (secondary N) is 1. The van der Waals surface area contributed by atoms with E-state index in [0.717, 1.165) is 18.4 Å². The number of carbonyl (C=O) groups excluding carboxylic acids is 1. The lowest BCUT2D eigenvalue weighted by Crippen LogP contribution is -2.30. The smallest absolute Gasteiger partial charge is 0.227 e. The summed E-state index contributed by atoms with van der Waals surface area (Å²) in [6, 6.07) is 12.1. The molecule has 1 atom stereocenters. The maximum Gasteiger partial charge on any atom is 0.227 e. The molecule has 1 amide bonds. The molecule has 2 aromatic rings. The van der Waals surface area contributed by atoms with Crippen LogP contribution in [0.5, 0.6) is 0 Å². The van der Waals surface area contributed by atoms with E-state index in [9.17, 15) is 4.79 Å². The monoisotopic (exact) mass is 273 g/mol. The first-order valence-corrected chi connectivity index (χ1v) is 7.59. The first-order chi connectivity index (χ1) is 9.31. The lowest BCUT2D eigenvalue weighted by atomic mass is 9.95. The highest BCUT2D eigenvalue weighted by molar-refractivity contribution is 7.07. The van der Waals surface area contributed by atoms with Crippen LogP contribution in [-0.2, 0) is 11.2 Å². The maximum atomic E-state index is 12.2. The Labute approximate surface area is 118 Å². The van der Waals surface area contributed by atoms with Crippen molar-refractivity contribution in [2.24, 2.45) is 0 Å². The summed E-state index contributed by atoms with van der Waals surface area (Å²) < 4.78 is 0. The molecule has 0 radical (unpaired) electrons. The Morgan fingerprint density at radius 1 is 1.26 bits per heavy atom. The molecule has 0 spiro atoms. The number of hydrogen-bond acceptors (Lipinski definition) is 2. The van der Waals surface area contributed by atoms with Gasteiger partial charge in [-0.1, -0.05) is 37.3 Å². The molecule has 2 rings (SSSR count). The van der Waals surface area contributed by atoms with Gasteiger partial charge in [-0.05, 0) is 40.8 Å². The van der Waals surface area contributed by atoms with Crippen LogP contribution in [0.3, 0.4) is 0 Å². The predicted molar refractivity (Wildman–Crippen MR) is 80.5 cm³/mol. The molecule has 2 nitrogen and oxygen atoms in total. The fourth-order valence-corrected chi connectivity index (χ4v) is 2.85. The van der Waals surface area contributed by atoms with Gasteiger partial charge in [0, 0.05) is 6.54 Å². The van der Waals surface area contributed by atoms with Gasteiger partial charge >= 0.3 is 0 Å². The molecule has 0 aliphatic carbocycles. The molecule has 1 heterocycles. The molecular formula is C16H19NOS. The molecule has 3 heteroatoms. The summed E-state index contributed by atoms with van der Waals surface area (Å²) in [5.74, 6) is 0.0904. The van der Waals surface area contributed by atoms with Crippen LogP contribution in [-0.4, -0.2) is 12.5 Å². The summed E-state index contributed by atoms with van der Waals surface area (Å²) in [5, 5.41) is 7.23. The van der Waals surface area contributed by atoms with Crippen LogP contribution in [0.15, 0.2) is 47.2 Å². The van der Waals surface area contributed by atoms with Gasteiger partial charge in [0.2, 0.25) is 5.91 Å². The van der Waals surface area contributed by atoms with E-state index in [2.05, 4.69) is 29.1 Å². The van der Waals surface area contributed by atoms with Crippen molar-refractivity contribution in [3.8, 4) is 0 Å². The molecule has 1 unspecified atom stereocenters. The van der Waals surface area contributed by atoms with E-state index in [4.69, 9.17) is 0 Å². The average molecular weight is 273 g/mol. The fourth-order valence-electron chi connectivity index (χ4n) is 2.15. The molecule has 0 bridgehead atoms. The average Bonchev–Trinajstić information content (AvgIpc) is 2.94. The van der Waals surface area contributed by atoms with E-state index in [0.29, 0.717) is 6.54 Å². The first kappa shape index (κ1) is 13.8. The standard InChI is InChI=1S/C16H19NOS/c1-2-15(14-6-4-3-5-7-14)16(18)17-10-8-13-9-11-19-12-13/h3-7,9,11-12,15H,2,8,10H2,1H3,(H,17,18). The van der Waals surface area contributed by atoms with Gasteiger partial charge in [0.15, 0.2) is 0 Å². The molecular weight excluding hydrogens is 254 g/mol. The number of amides is 1. The highest BCUT2D eigenvalue weighted by atomic mass is 32.1. The van der Waals surface area contributed by atoms with Crippen LogP contribution in [0.1, 0.15) is 30.4 Å². The molecule has 0 saturated carbocycles. The SMILES string of the molecule is CCC(C(=O)NCCc1ccsc1)c1ccccc1. The van der Waals surface area contributed by atoms with Gasteiger partial charge in [-0.3, -0.25) is 4.79 Å². The fraction of sp³-hybridized carbons (Fsp3) is 0.312. The summed E-state index contributed by atoms with van der Waals surface area (Å²) in [6.45, 7) is 2.76. The molecule has 0 saturated heterocycles. The van der Waals surface area contributed by atoms with Gasteiger partial charge in [0.25, 0.3) is 0 Å².